The van der Waals surface area contributed by atoms with Gasteiger partial charge in [0.2, 0.25) is 10.0 Å². The number of benzene rings is 1. The van der Waals surface area contributed by atoms with Gasteiger partial charge in [-0.3, -0.25) is 4.98 Å². The predicted molar refractivity (Wildman–Crippen MR) is 83.5 cm³/mol. The van der Waals surface area contributed by atoms with E-state index in [1.165, 1.54) is 19.2 Å². The molecule has 0 aliphatic carbocycles. The van der Waals surface area contributed by atoms with Crippen LogP contribution in [-0.4, -0.2) is 27.0 Å². The summed E-state index contributed by atoms with van der Waals surface area (Å²) in [6, 6.07) is 10.4. The van der Waals surface area contributed by atoms with E-state index in [1.54, 1.807) is 12.3 Å². The molecule has 0 saturated heterocycles. The molecule has 7 heteroatoms. The van der Waals surface area contributed by atoms with E-state index in [4.69, 9.17) is 5.73 Å². The van der Waals surface area contributed by atoms with Crippen LogP contribution in [0.2, 0.25) is 0 Å². The molecule has 0 radical (unpaired) electrons. The zero-order chi connectivity index (χ0) is 15.3. The summed E-state index contributed by atoms with van der Waals surface area (Å²) in [5.74, 6) is 0. The molecule has 1 heterocycles. The van der Waals surface area contributed by atoms with Crippen molar-refractivity contribution in [1.82, 2.24) is 9.71 Å². The third kappa shape index (κ3) is 3.93. The second-order valence-corrected chi connectivity index (χ2v) is 6.34. The van der Waals surface area contributed by atoms with Gasteiger partial charge < -0.3 is 11.1 Å². The molecule has 0 atom stereocenters. The Hall–Kier alpha value is -2.12. The summed E-state index contributed by atoms with van der Waals surface area (Å²) in [6.07, 6.45) is 2.51. The van der Waals surface area contributed by atoms with Crippen LogP contribution in [0.4, 0.5) is 11.4 Å². The van der Waals surface area contributed by atoms with E-state index in [2.05, 4.69) is 15.0 Å². The van der Waals surface area contributed by atoms with E-state index in [1.807, 2.05) is 18.2 Å². The highest BCUT2D eigenvalue weighted by Crippen LogP contribution is 2.22. The van der Waals surface area contributed by atoms with Crippen molar-refractivity contribution in [2.75, 3.05) is 24.6 Å². The SMILES string of the molecule is CNS(=O)(=O)c1ccc(NCCc2ccccn2)c(N)c1. The molecule has 0 aliphatic rings. The average molecular weight is 306 g/mol. The summed E-state index contributed by atoms with van der Waals surface area (Å²) < 4.78 is 25.6. The minimum absolute atomic E-state index is 0.151. The fraction of sp³-hybridized carbons (Fsp3) is 0.214. The summed E-state index contributed by atoms with van der Waals surface area (Å²) in [5, 5.41) is 3.18. The third-order valence-corrected chi connectivity index (χ3v) is 4.44. The van der Waals surface area contributed by atoms with Crippen molar-refractivity contribution in [3.63, 3.8) is 0 Å². The van der Waals surface area contributed by atoms with Gasteiger partial charge in [0.15, 0.2) is 0 Å². The highest BCUT2D eigenvalue weighted by molar-refractivity contribution is 7.89. The number of anilines is 2. The van der Waals surface area contributed by atoms with Crippen LogP contribution < -0.4 is 15.8 Å². The molecular weight excluding hydrogens is 288 g/mol. The number of hydrogen-bond donors (Lipinski definition) is 3. The van der Waals surface area contributed by atoms with Crippen LogP contribution in [0.1, 0.15) is 5.69 Å². The minimum atomic E-state index is -3.47. The molecule has 6 nitrogen and oxygen atoms in total. The summed E-state index contributed by atoms with van der Waals surface area (Å²) >= 11 is 0. The van der Waals surface area contributed by atoms with Crippen LogP contribution in [-0.2, 0) is 16.4 Å². The Morgan fingerprint density at radius 2 is 2.05 bits per heavy atom. The number of rotatable bonds is 6. The molecule has 0 unspecified atom stereocenters. The van der Waals surface area contributed by atoms with Gasteiger partial charge in [-0.2, -0.15) is 0 Å². The standard InChI is InChI=1S/C14H18N4O2S/c1-16-21(19,20)12-5-6-14(13(15)10-12)18-9-7-11-4-2-3-8-17-11/h2-6,8,10,16,18H,7,9,15H2,1H3. The normalized spacial score (nSPS) is 11.3. The summed E-state index contributed by atoms with van der Waals surface area (Å²) in [7, 11) is -2.10. The molecular formula is C14H18N4O2S. The van der Waals surface area contributed by atoms with Crippen LogP contribution in [0.5, 0.6) is 0 Å². The van der Waals surface area contributed by atoms with Gasteiger partial charge in [-0.15, -0.1) is 0 Å². The molecule has 4 N–H and O–H groups in total. The molecule has 112 valence electrons. The number of aromatic nitrogens is 1. The Bertz CT molecular complexity index is 702. The van der Waals surface area contributed by atoms with E-state index in [-0.39, 0.29) is 4.90 Å². The van der Waals surface area contributed by atoms with Crippen molar-refractivity contribution in [2.24, 2.45) is 0 Å². The smallest absolute Gasteiger partial charge is 0.240 e. The molecule has 0 saturated carbocycles. The van der Waals surface area contributed by atoms with Crippen molar-refractivity contribution in [3.05, 3.63) is 48.3 Å². The fourth-order valence-electron chi connectivity index (χ4n) is 1.86. The second kappa shape index (κ2) is 6.55. The molecule has 1 aromatic heterocycles. The van der Waals surface area contributed by atoms with Gasteiger partial charge >= 0.3 is 0 Å². The summed E-state index contributed by atoms with van der Waals surface area (Å²) in [4.78, 5) is 4.38. The second-order valence-electron chi connectivity index (χ2n) is 4.45. The van der Waals surface area contributed by atoms with Gasteiger partial charge in [-0.1, -0.05) is 6.07 Å². The topological polar surface area (TPSA) is 97.1 Å². The molecule has 21 heavy (non-hydrogen) atoms. The fourth-order valence-corrected chi connectivity index (χ4v) is 2.62. The number of pyridine rings is 1. The quantitative estimate of drug-likeness (QED) is 0.697. The molecule has 2 rings (SSSR count). The Labute approximate surface area is 124 Å². The van der Waals surface area contributed by atoms with Crippen molar-refractivity contribution in [1.29, 1.82) is 0 Å². The first-order valence-electron chi connectivity index (χ1n) is 6.50. The van der Waals surface area contributed by atoms with Crippen LogP contribution in [0.25, 0.3) is 0 Å². The van der Waals surface area contributed by atoms with Gasteiger partial charge in [0, 0.05) is 24.9 Å². The van der Waals surface area contributed by atoms with E-state index in [9.17, 15) is 8.42 Å². The number of nitrogens with two attached hydrogens (primary N) is 1. The van der Waals surface area contributed by atoms with Crippen molar-refractivity contribution < 1.29 is 8.42 Å². The van der Waals surface area contributed by atoms with E-state index in [0.717, 1.165) is 12.1 Å². The van der Waals surface area contributed by atoms with Crippen molar-refractivity contribution >= 4 is 21.4 Å². The predicted octanol–water partition coefficient (Wildman–Crippen LogP) is 1.23. The van der Waals surface area contributed by atoms with Gasteiger partial charge in [-0.25, -0.2) is 13.1 Å². The molecule has 0 fully saturated rings. The average Bonchev–Trinajstić information content (AvgIpc) is 2.50. The van der Waals surface area contributed by atoms with Crippen LogP contribution in [0.15, 0.2) is 47.5 Å². The lowest BCUT2D eigenvalue weighted by Gasteiger charge is -2.11. The van der Waals surface area contributed by atoms with Crippen molar-refractivity contribution in [3.8, 4) is 0 Å². The van der Waals surface area contributed by atoms with Gasteiger partial charge in [0.25, 0.3) is 0 Å². The van der Waals surface area contributed by atoms with E-state index < -0.39 is 10.0 Å². The Balaban J connectivity index is 2.02. The Morgan fingerprint density at radius 1 is 1.24 bits per heavy atom. The highest BCUT2D eigenvalue weighted by Gasteiger charge is 2.12. The van der Waals surface area contributed by atoms with Crippen LogP contribution >= 0.6 is 0 Å². The number of nitrogens with zero attached hydrogens (tertiary/aromatic N) is 1. The van der Waals surface area contributed by atoms with Crippen LogP contribution in [0, 0.1) is 0 Å². The maximum atomic E-state index is 11.7. The third-order valence-electron chi connectivity index (χ3n) is 3.02. The monoisotopic (exact) mass is 306 g/mol. The minimum Gasteiger partial charge on any atom is -0.397 e. The highest BCUT2D eigenvalue weighted by atomic mass is 32.2. The lowest BCUT2D eigenvalue weighted by molar-refractivity contribution is 0.588. The zero-order valence-electron chi connectivity index (χ0n) is 11.7. The summed E-state index contributed by atoms with van der Waals surface area (Å²) in [5.41, 5.74) is 7.97. The molecule has 0 bridgehead atoms. The number of nitrogens with one attached hydrogen (secondary N) is 2. The number of hydrogen-bond acceptors (Lipinski definition) is 5. The first-order chi connectivity index (χ1) is 10.0. The summed E-state index contributed by atoms with van der Waals surface area (Å²) in [6.45, 7) is 0.666. The van der Waals surface area contributed by atoms with Crippen molar-refractivity contribution in [2.45, 2.75) is 11.3 Å². The largest absolute Gasteiger partial charge is 0.397 e. The van der Waals surface area contributed by atoms with Gasteiger partial charge in [0.1, 0.15) is 0 Å². The van der Waals surface area contributed by atoms with Gasteiger partial charge in [0.05, 0.1) is 16.3 Å². The van der Waals surface area contributed by atoms with Gasteiger partial charge in [-0.05, 0) is 37.4 Å². The number of sulfonamides is 1. The maximum Gasteiger partial charge on any atom is 0.240 e. The molecule has 0 aliphatic heterocycles. The molecule has 0 amide bonds. The molecule has 1 aromatic carbocycles. The Kier molecular flexibility index (Phi) is 4.77. The first-order valence-corrected chi connectivity index (χ1v) is 7.98. The first kappa shape index (κ1) is 15.3. The van der Waals surface area contributed by atoms with E-state index >= 15 is 0 Å². The zero-order valence-corrected chi connectivity index (χ0v) is 12.5. The lowest BCUT2D eigenvalue weighted by Crippen LogP contribution is -2.19. The molecule has 0 spiro atoms. The Morgan fingerprint density at radius 3 is 2.67 bits per heavy atom. The van der Waals surface area contributed by atoms with Crippen LogP contribution in [0.3, 0.4) is 0 Å². The maximum absolute atomic E-state index is 11.7. The molecule has 2 aromatic rings. The van der Waals surface area contributed by atoms with E-state index in [0.29, 0.717) is 17.9 Å². The lowest BCUT2D eigenvalue weighted by atomic mass is 10.2. The number of nitrogen functional groups attached to an aromatic ring is 1.